The van der Waals surface area contributed by atoms with E-state index in [0.717, 1.165) is 9.25 Å². The number of benzene rings is 2. The zero-order valence-electron chi connectivity index (χ0n) is 20.7. The van der Waals surface area contributed by atoms with E-state index in [-0.39, 0.29) is 23.6 Å². The van der Waals surface area contributed by atoms with E-state index in [9.17, 15) is 23.1 Å². The van der Waals surface area contributed by atoms with E-state index in [1.807, 2.05) is 4.90 Å². The van der Waals surface area contributed by atoms with Crippen molar-refractivity contribution < 1.29 is 23.0 Å². The molecule has 4 heterocycles. The molecule has 2 aliphatic rings. The Morgan fingerprint density at radius 1 is 1.05 bits per heavy atom. The third-order valence-electron chi connectivity index (χ3n) is 6.92. The number of halogens is 5. The quantitative estimate of drug-likeness (QED) is 0.349. The molecule has 10 nitrogen and oxygen atoms in total. The van der Waals surface area contributed by atoms with E-state index in [4.69, 9.17) is 27.9 Å². The Hall–Kier alpha value is -3.39. The monoisotopic (exact) mass is 595 g/mol. The van der Waals surface area contributed by atoms with Gasteiger partial charge in [-0.1, -0.05) is 35.3 Å². The molecule has 2 aromatic carbocycles. The van der Waals surface area contributed by atoms with E-state index in [1.54, 1.807) is 28.9 Å². The fourth-order valence-corrected chi connectivity index (χ4v) is 5.15. The van der Waals surface area contributed by atoms with Crippen LogP contribution in [0, 0.1) is 5.41 Å². The lowest BCUT2D eigenvalue weighted by atomic mass is 9.78. The molecule has 0 aliphatic carbocycles. The number of para-hydroxylation sites is 1. The highest BCUT2D eigenvalue weighted by Crippen LogP contribution is 2.40. The normalized spacial score (nSPS) is 17.1. The summed E-state index contributed by atoms with van der Waals surface area (Å²) in [5.41, 5.74) is 0.147. The number of aromatic nitrogens is 6. The second kappa shape index (κ2) is 9.91. The second-order valence-electron chi connectivity index (χ2n) is 9.98. The van der Waals surface area contributed by atoms with Crippen LogP contribution in [0.2, 0.25) is 10.0 Å². The fraction of sp³-hybridized carbons (Fsp3) is 0.360. The van der Waals surface area contributed by atoms with Gasteiger partial charge in [-0.3, -0.25) is 4.57 Å². The molecule has 1 N–H and O–H groups in total. The van der Waals surface area contributed by atoms with Crippen molar-refractivity contribution in [2.75, 3.05) is 31.2 Å². The molecule has 0 amide bonds. The molecule has 2 fully saturated rings. The van der Waals surface area contributed by atoms with Crippen molar-refractivity contribution in [2.24, 2.45) is 5.41 Å². The van der Waals surface area contributed by atoms with E-state index in [2.05, 4.69) is 15.2 Å². The first kappa shape index (κ1) is 26.8. The predicted octanol–water partition coefficient (Wildman–Crippen LogP) is 3.41. The van der Waals surface area contributed by atoms with Crippen LogP contribution >= 0.6 is 23.2 Å². The minimum Gasteiger partial charge on any atom is -0.382 e. The molecule has 2 aliphatic heterocycles. The molecule has 6 rings (SSSR count). The van der Waals surface area contributed by atoms with Crippen molar-refractivity contribution >= 4 is 29.2 Å². The highest BCUT2D eigenvalue weighted by molar-refractivity contribution is 6.32. The Kier molecular flexibility index (Phi) is 6.64. The molecule has 1 atom stereocenters. The molecule has 2 saturated heterocycles. The second-order valence-corrected chi connectivity index (χ2v) is 10.8. The van der Waals surface area contributed by atoms with Crippen LogP contribution in [0.4, 0.5) is 19.1 Å². The number of aliphatic hydroxyl groups excluding tert-OH is 1. The number of nitrogens with zero attached hydrogens (tertiary/aromatic N) is 7. The third-order valence-corrected chi connectivity index (χ3v) is 7.49. The van der Waals surface area contributed by atoms with Gasteiger partial charge in [0.25, 0.3) is 0 Å². The fourth-order valence-electron chi connectivity index (χ4n) is 4.81. The maximum atomic E-state index is 13.3. The minimum atomic E-state index is -4.93. The summed E-state index contributed by atoms with van der Waals surface area (Å²) in [5.74, 6) is 0.649. The molecule has 0 saturated carbocycles. The summed E-state index contributed by atoms with van der Waals surface area (Å²) in [6.45, 7) is 1.48. The van der Waals surface area contributed by atoms with Crippen LogP contribution < -0.4 is 10.6 Å². The van der Waals surface area contributed by atoms with Crippen molar-refractivity contribution in [1.29, 1.82) is 0 Å². The number of rotatable bonds is 7. The highest BCUT2D eigenvalue weighted by Gasteiger charge is 2.50. The lowest BCUT2D eigenvalue weighted by Crippen LogP contribution is -2.66. The van der Waals surface area contributed by atoms with Gasteiger partial charge in [0, 0.05) is 23.7 Å². The number of hydrogen-bond donors (Lipinski definition) is 1. The SMILES string of the molecule is O=c1n(Cc2nc(N3CC4(COC4)C3)n(-c3ccccc3Cl)n2)nc(-c2ccc(Cl)cc2)n1CC(O)C(F)(F)F. The number of aliphatic hydroxyl groups is 1. The predicted molar refractivity (Wildman–Crippen MR) is 140 cm³/mol. The smallest absolute Gasteiger partial charge is 0.382 e. The third kappa shape index (κ3) is 4.87. The average Bonchev–Trinajstić information content (AvgIpc) is 3.39. The van der Waals surface area contributed by atoms with E-state index < -0.39 is 24.5 Å². The number of ether oxygens (including phenoxy) is 1. The Labute approximate surface area is 235 Å². The van der Waals surface area contributed by atoms with Gasteiger partial charge in [-0.15, -0.1) is 10.2 Å². The van der Waals surface area contributed by atoms with E-state index >= 15 is 0 Å². The molecule has 4 aromatic rings. The molecule has 210 valence electrons. The molecule has 1 unspecified atom stereocenters. The summed E-state index contributed by atoms with van der Waals surface area (Å²) in [5, 5.41) is 19.5. The van der Waals surface area contributed by atoms with Crippen LogP contribution in [0.15, 0.2) is 53.3 Å². The first-order chi connectivity index (χ1) is 19.0. The Bertz CT molecular complexity index is 1610. The number of hydrogen-bond acceptors (Lipinski definition) is 7. The lowest BCUT2D eigenvalue weighted by Gasteiger charge is -2.55. The van der Waals surface area contributed by atoms with Gasteiger partial charge < -0.3 is 14.7 Å². The molecule has 40 heavy (non-hydrogen) atoms. The van der Waals surface area contributed by atoms with Crippen LogP contribution in [0.1, 0.15) is 5.82 Å². The first-order valence-electron chi connectivity index (χ1n) is 12.2. The van der Waals surface area contributed by atoms with Crippen LogP contribution in [0.3, 0.4) is 0 Å². The van der Waals surface area contributed by atoms with Crippen molar-refractivity contribution in [1.82, 2.24) is 29.1 Å². The van der Waals surface area contributed by atoms with Crippen LogP contribution in [0.25, 0.3) is 17.1 Å². The van der Waals surface area contributed by atoms with Crippen LogP contribution in [-0.2, 0) is 17.8 Å². The van der Waals surface area contributed by atoms with Crippen LogP contribution in [0.5, 0.6) is 0 Å². The molecular formula is C25H22Cl2F3N7O3. The minimum absolute atomic E-state index is 0.0644. The van der Waals surface area contributed by atoms with Gasteiger partial charge in [-0.05, 0) is 36.4 Å². The Morgan fingerprint density at radius 3 is 2.38 bits per heavy atom. The zero-order valence-corrected chi connectivity index (χ0v) is 22.2. The van der Waals surface area contributed by atoms with Crippen molar-refractivity contribution in [2.45, 2.75) is 25.4 Å². The number of anilines is 1. The van der Waals surface area contributed by atoms with Crippen molar-refractivity contribution in [3.8, 4) is 17.1 Å². The Balaban J connectivity index is 1.38. The summed E-state index contributed by atoms with van der Waals surface area (Å²) in [7, 11) is 0. The van der Waals surface area contributed by atoms with E-state index in [1.165, 1.54) is 24.3 Å². The maximum absolute atomic E-state index is 13.3. The first-order valence-corrected chi connectivity index (χ1v) is 13.0. The summed E-state index contributed by atoms with van der Waals surface area (Å²) in [6, 6.07) is 13.2. The van der Waals surface area contributed by atoms with Gasteiger partial charge in [0.2, 0.25) is 5.95 Å². The summed E-state index contributed by atoms with van der Waals surface area (Å²) < 4.78 is 48.3. The standard InChI is InChI=1S/C25H22Cl2F3N7O3/c26-16-7-5-15(6-8-16)21-33-36(23(39)35(21)9-19(38)25(28,29)30)10-20-31-22(34-11-24(12-34)13-40-14-24)37(32-20)18-4-2-1-3-17(18)27/h1-8,19,38H,9-14H2. The average molecular weight is 596 g/mol. The van der Waals surface area contributed by atoms with Gasteiger partial charge in [0.05, 0.1) is 35.9 Å². The van der Waals surface area contributed by atoms with Crippen LogP contribution in [-0.4, -0.2) is 72.8 Å². The van der Waals surface area contributed by atoms with Gasteiger partial charge in [0.15, 0.2) is 17.8 Å². The molecule has 2 aromatic heterocycles. The number of alkyl halides is 3. The van der Waals surface area contributed by atoms with Crippen molar-refractivity contribution in [3.05, 3.63) is 74.9 Å². The highest BCUT2D eigenvalue weighted by atomic mass is 35.5. The van der Waals surface area contributed by atoms with Gasteiger partial charge >= 0.3 is 11.9 Å². The van der Waals surface area contributed by atoms with Crippen molar-refractivity contribution in [3.63, 3.8) is 0 Å². The summed E-state index contributed by atoms with van der Waals surface area (Å²) >= 11 is 12.4. The van der Waals surface area contributed by atoms with Gasteiger partial charge in [-0.2, -0.15) is 22.8 Å². The van der Waals surface area contributed by atoms with Gasteiger partial charge in [-0.25, -0.2) is 9.48 Å². The molecule has 15 heteroatoms. The zero-order chi connectivity index (χ0) is 28.2. The van der Waals surface area contributed by atoms with E-state index in [0.29, 0.717) is 53.5 Å². The summed E-state index contributed by atoms with van der Waals surface area (Å²) in [6.07, 6.45) is -7.70. The van der Waals surface area contributed by atoms with Gasteiger partial charge in [0.1, 0.15) is 6.54 Å². The lowest BCUT2D eigenvalue weighted by molar-refractivity contribution is -0.207. The topological polar surface area (TPSA) is 103 Å². The summed E-state index contributed by atoms with van der Waals surface area (Å²) in [4.78, 5) is 20.0. The maximum Gasteiger partial charge on any atom is 0.416 e. The largest absolute Gasteiger partial charge is 0.416 e. The molecule has 1 spiro atoms. The molecule has 0 radical (unpaired) electrons. The molecular weight excluding hydrogens is 574 g/mol. The molecule has 0 bridgehead atoms. The Morgan fingerprint density at radius 2 is 1.75 bits per heavy atom.